The second kappa shape index (κ2) is 11.8. The number of fused-ring (bicyclic) bond motifs is 1. The van der Waals surface area contributed by atoms with Crippen LogP contribution in [0.2, 0.25) is 0 Å². The number of hydrogen-bond donors (Lipinski definition) is 0. The van der Waals surface area contributed by atoms with E-state index in [4.69, 9.17) is 15.3 Å². The highest BCUT2D eigenvalue weighted by atomic mass is 32.2. The van der Waals surface area contributed by atoms with Crippen LogP contribution < -0.4 is 9.54 Å². The maximum Gasteiger partial charge on any atom is 0.279 e. The summed E-state index contributed by atoms with van der Waals surface area (Å²) >= 11 is 1.40. The number of nitrogens with zero attached hydrogens (tertiary/aromatic N) is 5. The van der Waals surface area contributed by atoms with E-state index >= 15 is 0 Å². The van der Waals surface area contributed by atoms with Crippen LogP contribution in [0.25, 0.3) is 10.2 Å². The molecule has 1 heterocycles. The van der Waals surface area contributed by atoms with E-state index < -0.39 is 15.9 Å². The third kappa shape index (κ3) is 5.95. The summed E-state index contributed by atoms with van der Waals surface area (Å²) in [7, 11) is -2.31. The number of hydrogen-bond acceptors (Lipinski definition) is 7. The Morgan fingerprint density at radius 3 is 2.34 bits per heavy atom. The lowest BCUT2D eigenvalue weighted by atomic mass is 10.2. The molecule has 0 aliphatic rings. The molecule has 2 aromatic carbocycles. The number of carbonyl (C=O) groups excluding carboxylic acids is 1. The number of ether oxygens (including phenoxy) is 1. The van der Waals surface area contributed by atoms with Crippen molar-refractivity contribution in [1.29, 1.82) is 10.5 Å². The van der Waals surface area contributed by atoms with E-state index in [-0.39, 0.29) is 36.4 Å². The number of amides is 1. The van der Waals surface area contributed by atoms with Gasteiger partial charge in [-0.3, -0.25) is 4.79 Å². The van der Waals surface area contributed by atoms with Gasteiger partial charge in [-0.1, -0.05) is 18.3 Å². The quantitative estimate of drug-likeness (QED) is 0.408. The molecule has 0 saturated heterocycles. The summed E-state index contributed by atoms with van der Waals surface area (Å²) in [6, 6.07) is 15.1. The Balaban J connectivity index is 1.93. The predicted molar refractivity (Wildman–Crippen MR) is 132 cm³/mol. The molecule has 0 spiro atoms. The fourth-order valence-corrected chi connectivity index (χ4v) is 5.95. The smallest absolute Gasteiger partial charge is 0.279 e. The molecule has 1 aromatic heterocycles. The molecule has 0 unspecified atom stereocenters. The topological polar surface area (TPSA) is 129 Å². The first-order valence-corrected chi connectivity index (χ1v) is 13.2. The number of sulfonamides is 1. The van der Waals surface area contributed by atoms with Gasteiger partial charge in [0.05, 0.1) is 34.4 Å². The summed E-state index contributed by atoms with van der Waals surface area (Å²) in [5.41, 5.74) is 1.18. The van der Waals surface area contributed by atoms with Crippen molar-refractivity contribution >= 4 is 37.5 Å². The Bertz CT molecular complexity index is 1440. The molecule has 11 heteroatoms. The van der Waals surface area contributed by atoms with Crippen LogP contribution >= 0.6 is 11.3 Å². The zero-order valence-electron chi connectivity index (χ0n) is 19.5. The highest BCUT2D eigenvalue weighted by Crippen LogP contribution is 2.23. The van der Waals surface area contributed by atoms with Crippen molar-refractivity contribution in [1.82, 2.24) is 8.87 Å². The average molecular weight is 512 g/mol. The summed E-state index contributed by atoms with van der Waals surface area (Å²) in [5.74, 6) is 0.233. The first-order chi connectivity index (χ1) is 16.8. The highest BCUT2D eigenvalue weighted by Gasteiger charge is 2.24. The van der Waals surface area contributed by atoms with E-state index in [9.17, 15) is 13.2 Å². The standard InChI is InChI=1S/C24H25N5O4S2/c1-3-14-29-21-17-19(33-2)8-11-22(21)34-24(29)27-23(30)18-6-9-20(10-7-18)35(31,32)28(15-4-12-25)16-5-13-26/h6-11,17H,3-5,14-16H2,1-2H3. The number of nitriles is 2. The summed E-state index contributed by atoms with van der Waals surface area (Å²) in [4.78, 5) is 17.8. The molecular weight excluding hydrogens is 486 g/mol. The molecule has 3 rings (SSSR count). The monoisotopic (exact) mass is 511 g/mol. The van der Waals surface area contributed by atoms with Gasteiger partial charge in [-0.05, 0) is 42.8 Å². The lowest BCUT2D eigenvalue weighted by Gasteiger charge is -2.20. The van der Waals surface area contributed by atoms with E-state index in [1.54, 1.807) is 7.11 Å². The Labute approximate surface area is 208 Å². The molecule has 0 N–H and O–H groups in total. The second-order valence-corrected chi connectivity index (χ2v) is 10.5. The van der Waals surface area contributed by atoms with Crippen LogP contribution in [0.15, 0.2) is 52.4 Å². The normalized spacial score (nSPS) is 12.0. The van der Waals surface area contributed by atoms with Gasteiger partial charge in [0, 0.05) is 44.1 Å². The molecule has 0 fully saturated rings. The molecule has 9 nitrogen and oxygen atoms in total. The molecule has 0 atom stereocenters. The summed E-state index contributed by atoms with van der Waals surface area (Å²) < 4.78 is 35.3. The third-order valence-electron chi connectivity index (χ3n) is 5.22. The van der Waals surface area contributed by atoms with Crippen molar-refractivity contribution in [3.8, 4) is 17.9 Å². The SMILES string of the molecule is CCCn1c(=NC(=O)c2ccc(S(=O)(=O)N(CCC#N)CCC#N)cc2)sc2ccc(OC)cc21. The molecule has 0 radical (unpaired) electrons. The molecule has 0 bridgehead atoms. The molecule has 3 aromatic rings. The van der Waals surface area contributed by atoms with Crippen molar-refractivity contribution in [3.05, 3.63) is 52.8 Å². The molecule has 35 heavy (non-hydrogen) atoms. The lowest BCUT2D eigenvalue weighted by Crippen LogP contribution is -2.32. The van der Waals surface area contributed by atoms with E-state index in [1.165, 1.54) is 35.6 Å². The van der Waals surface area contributed by atoms with Crippen LogP contribution in [-0.2, 0) is 16.6 Å². The lowest BCUT2D eigenvalue weighted by molar-refractivity contribution is 0.0997. The largest absolute Gasteiger partial charge is 0.497 e. The Hall–Kier alpha value is -3.51. The van der Waals surface area contributed by atoms with Gasteiger partial charge < -0.3 is 9.30 Å². The number of benzene rings is 2. The van der Waals surface area contributed by atoms with Gasteiger partial charge in [-0.2, -0.15) is 19.8 Å². The Morgan fingerprint density at radius 2 is 1.77 bits per heavy atom. The Kier molecular flexibility index (Phi) is 8.77. The summed E-state index contributed by atoms with van der Waals surface area (Å²) in [5, 5.41) is 17.7. The number of rotatable bonds is 10. The molecule has 0 aliphatic carbocycles. The van der Waals surface area contributed by atoms with E-state index in [1.807, 2.05) is 41.8 Å². The maximum absolute atomic E-state index is 13.0. The van der Waals surface area contributed by atoms with Crippen molar-refractivity contribution in [2.45, 2.75) is 37.6 Å². The third-order valence-corrected chi connectivity index (χ3v) is 8.19. The zero-order valence-corrected chi connectivity index (χ0v) is 21.1. The minimum atomic E-state index is -3.91. The van der Waals surface area contributed by atoms with Gasteiger partial charge in [0.2, 0.25) is 10.0 Å². The fourth-order valence-electron chi connectivity index (χ4n) is 3.47. The van der Waals surface area contributed by atoms with Crippen molar-refractivity contribution in [3.63, 3.8) is 0 Å². The first kappa shape index (κ1) is 26.1. The molecular formula is C24H25N5O4S2. The van der Waals surface area contributed by atoms with Crippen molar-refractivity contribution in [2.75, 3.05) is 20.2 Å². The van der Waals surface area contributed by atoms with Crippen LogP contribution in [0.3, 0.4) is 0 Å². The number of thiazole rings is 1. The van der Waals surface area contributed by atoms with Gasteiger partial charge in [0.15, 0.2) is 4.80 Å². The van der Waals surface area contributed by atoms with Gasteiger partial charge >= 0.3 is 0 Å². The molecule has 0 aliphatic heterocycles. The summed E-state index contributed by atoms with van der Waals surface area (Å²) in [6.07, 6.45) is 0.878. The minimum absolute atomic E-state index is 0.00925. The Morgan fingerprint density at radius 1 is 1.11 bits per heavy atom. The summed E-state index contributed by atoms with van der Waals surface area (Å²) in [6.45, 7) is 2.70. The fraction of sp³-hybridized carbons (Fsp3) is 0.333. The van der Waals surface area contributed by atoms with E-state index in [0.29, 0.717) is 17.1 Å². The van der Waals surface area contributed by atoms with Crippen LogP contribution in [0.1, 0.15) is 36.5 Å². The van der Waals surface area contributed by atoms with E-state index in [2.05, 4.69) is 4.99 Å². The van der Waals surface area contributed by atoms with Crippen LogP contribution in [-0.4, -0.2) is 43.4 Å². The van der Waals surface area contributed by atoms with Gasteiger partial charge in [0.1, 0.15) is 5.75 Å². The molecule has 0 saturated carbocycles. The predicted octanol–water partition coefficient (Wildman–Crippen LogP) is 3.68. The molecule has 182 valence electrons. The van der Waals surface area contributed by atoms with Crippen LogP contribution in [0.5, 0.6) is 5.75 Å². The first-order valence-electron chi connectivity index (χ1n) is 11.0. The van der Waals surface area contributed by atoms with Gasteiger partial charge in [-0.15, -0.1) is 0 Å². The number of aryl methyl sites for hydroxylation is 1. The van der Waals surface area contributed by atoms with Gasteiger partial charge in [-0.25, -0.2) is 8.42 Å². The van der Waals surface area contributed by atoms with Crippen molar-refractivity contribution < 1.29 is 17.9 Å². The number of carbonyl (C=O) groups is 1. The van der Waals surface area contributed by atoms with Crippen molar-refractivity contribution in [2.24, 2.45) is 4.99 Å². The van der Waals surface area contributed by atoms with Crippen LogP contribution in [0.4, 0.5) is 0 Å². The second-order valence-electron chi connectivity index (χ2n) is 7.53. The maximum atomic E-state index is 13.0. The van der Waals surface area contributed by atoms with E-state index in [0.717, 1.165) is 20.9 Å². The minimum Gasteiger partial charge on any atom is -0.497 e. The number of aromatic nitrogens is 1. The highest BCUT2D eigenvalue weighted by molar-refractivity contribution is 7.89. The zero-order chi connectivity index (χ0) is 25.4. The average Bonchev–Trinajstić information content (AvgIpc) is 3.20. The van der Waals surface area contributed by atoms with Gasteiger partial charge in [0.25, 0.3) is 5.91 Å². The molecule has 1 amide bonds. The number of methoxy groups -OCH3 is 1. The van der Waals surface area contributed by atoms with Crippen LogP contribution in [0, 0.1) is 22.7 Å².